The predicted octanol–water partition coefficient (Wildman–Crippen LogP) is 1.90. The second-order valence-corrected chi connectivity index (χ2v) is 5.42. The van der Waals surface area contributed by atoms with Gasteiger partial charge in [0.25, 0.3) is 0 Å². The third kappa shape index (κ3) is 3.54. The van der Waals surface area contributed by atoms with Crippen molar-refractivity contribution in [2.75, 3.05) is 0 Å². The van der Waals surface area contributed by atoms with Gasteiger partial charge in [-0.25, -0.2) is 4.98 Å². The van der Waals surface area contributed by atoms with Crippen molar-refractivity contribution in [3.63, 3.8) is 0 Å². The summed E-state index contributed by atoms with van der Waals surface area (Å²) < 4.78 is 0. The van der Waals surface area contributed by atoms with Gasteiger partial charge in [-0.05, 0) is 32.9 Å². The van der Waals surface area contributed by atoms with E-state index in [4.69, 9.17) is 0 Å². The highest BCUT2D eigenvalue weighted by molar-refractivity contribution is 5.78. The number of rotatable bonds is 4. The van der Waals surface area contributed by atoms with Crippen LogP contribution in [-0.4, -0.2) is 26.6 Å². The number of nitrogens with zero attached hydrogens (tertiary/aromatic N) is 1. The normalized spacial score (nSPS) is 13.5. The molecule has 1 aromatic heterocycles. The zero-order valence-electron chi connectivity index (χ0n) is 11.4. The number of amides is 1. The van der Waals surface area contributed by atoms with Gasteiger partial charge in [0.15, 0.2) is 0 Å². The number of aliphatic hydroxyl groups is 1. The van der Waals surface area contributed by atoms with Crippen LogP contribution in [0.15, 0.2) is 24.3 Å². The lowest BCUT2D eigenvalue weighted by molar-refractivity contribution is -0.125. The molecule has 0 saturated heterocycles. The van der Waals surface area contributed by atoms with E-state index in [0.717, 1.165) is 11.0 Å². The Morgan fingerprint density at radius 3 is 2.79 bits per heavy atom. The van der Waals surface area contributed by atoms with E-state index >= 15 is 0 Å². The van der Waals surface area contributed by atoms with E-state index < -0.39 is 5.60 Å². The van der Waals surface area contributed by atoms with Gasteiger partial charge in [0.05, 0.1) is 29.1 Å². The van der Waals surface area contributed by atoms with Crippen LogP contribution in [0, 0.1) is 0 Å². The molecule has 0 bridgehead atoms. The molecule has 0 unspecified atom stereocenters. The van der Waals surface area contributed by atoms with Gasteiger partial charge < -0.3 is 15.4 Å². The van der Waals surface area contributed by atoms with Crippen LogP contribution in [0.2, 0.25) is 0 Å². The van der Waals surface area contributed by atoms with Crippen molar-refractivity contribution >= 4 is 16.9 Å². The van der Waals surface area contributed by atoms with Crippen LogP contribution in [0.4, 0.5) is 0 Å². The van der Waals surface area contributed by atoms with E-state index in [1.165, 1.54) is 0 Å². The summed E-state index contributed by atoms with van der Waals surface area (Å²) in [6, 6.07) is 7.49. The first-order valence-electron chi connectivity index (χ1n) is 6.31. The Morgan fingerprint density at radius 1 is 1.47 bits per heavy atom. The Balaban J connectivity index is 2.07. The Morgan fingerprint density at radius 2 is 2.16 bits per heavy atom. The maximum absolute atomic E-state index is 11.7. The third-order valence-corrected chi connectivity index (χ3v) is 2.79. The Labute approximate surface area is 112 Å². The molecule has 5 heteroatoms. The number of benzene rings is 1. The molecule has 1 atom stereocenters. The average Bonchev–Trinajstić information content (AvgIpc) is 2.69. The molecule has 2 rings (SSSR count). The van der Waals surface area contributed by atoms with Crippen LogP contribution >= 0.6 is 0 Å². The highest BCUT2D eigenvalue weighted by Gasteiger charge is 2.20. The quantitative estimate of drug-likeness (QED) is 0.786. The van der Waals surface area contributed by atoms with Crippen molar-refractivity contribution in [1.82, 2.24) is 15.3 Å². The molecule has 2 aromatic rings. The number of hydrogen-bond acceptors (Lipinski definition) is 3. The number of carbonyl (C=O) groups is 1. The molecule has 3 N–H and O–H groups in total. The molecule has 0 aliphatic carbocycles. The number of hydrogen-bond donors (Lipinski definition) is 3. The van der Waals surface area contributed by atoms with Gasteiger partial charge in [0.1, 0.15) is 5.82 Å². The monoisotopic (exact) mass is 261 g/mol. The third-order valence-electron chi connectivity index (χ3n) is 2.79. The summed E-state index contributed by atoms with van der Waals surface area (Å²) in [5.74, 6) is 0.519. The fraction of sp³-hybridized carbons (Fsp3) is 0.429. The number of fused-ring (bicyclic) bond motifs is 1. The summed E-state index contributed by atoms with van der Waals surface area (Å²) in [5.41, 5.74) is 0.819. The van der Waals surface area contributed by atoms with Crippen LogP contribution in [0.5, 0.6) is 0 Å². The molecule has 102 valence electrons. The maximum Gasteiger partial charge on any atom is 0.223 e. The van der Waals surface area contributed by atoms with Crippen LogP contribution in [0.1, 0.15) is 39.1 Å². The standard InChI is InChI=1S/C14H19N3O2/c1-9(15-12(18)8-14(2,3)19)13-16-10-6-4-5-7-11(10)17-13/h4-7,9,19H,8H2,1-3H3,(H,15,18)(H,16,17)/t9-/m0/s1. The molecule has 0 saturated carbocycles. The Bertz CT molecular complexity index is 551. The van der Waals surface area contributed by atoms with Crippen molar-refractivity contribution in [3.05, 3.63) is 30.1 Å². The first kappa shape index (κ1) is 13.5. The van der Waals surface area contributed by atoms with E-state index in [2.05, 4.69) is 15.3 Å². The molecule has 1 heterocycles. The van der Waals surface area contributed by atoms with Crippen LogP contribution < -0.4 is 5.32 Å². The molecule has 0 spiro atoms. The van der Waals surface area contributed by atoms with E-state index in [1.807, 2.05) is 31.2 Å². The molecule has 0 fully saturated rings. The molecule has 0 aliphatic heterocycles. The van der Waals surface area contributed by atoms with Crippen molar-refractivity contribution in [2.45, 2.75) is 38.8 Å². The minimum atomic E-state index is -1.00. The molecule has 0 aliphatic rings. The second kappa shape index (κ2) is 5.01. The average molecular weight is 261 g/mol. The van der Waals surface area contributed by atoms with Gasteiger partial charge in [-0.2, -0.15) is 0 Å². The predicted molar refractivity (Wildman–Crippen MR) is 73.6 cm³/mol. The SMILES string of the molecule is C[C@H](NC(=O)CC(C)(C)O)c1nc2ccccc2[nH]1. The minimum absolute atomic E-state index is 0.0670. The molecular weight excluding hydrogens is 242 g/mol. The zero-order chi connectivity index (χ0) is 14.0. The zero-order valence-corrected chi connectivity index (χ0v) is 11.4. The summed E-state index contributed by atoms with van der Waals surface area (Å²) in [6.07, 6.45) is 0.0670. The molecule has 1 amide bonds. The maximum atomic E-state index is 11.7. The summed E-state index contributed by atoms with van der Waals surface area (Å²) in [4.78, 5) is 19.3. The fourth-order valence-electron chi connectivity index (χ4n) is 1.93. The topological polar surface area (TPSA) is 78.0 Å². The second-order valence-electron chi connectivity index (χ2n) is 5.42. The molecular formula is C14H19N3O2. The van der Waals surface area contributed by atoms with Crippen LogP contribution in [0.25, 0.3) is 11.0 Å². The van der Waals surface area contributed by atoms with Crippen molar-refractivity contribution < 1.29 is 9.90 Å². The van der Waals surface area contributed by atoms with Crippen LogP contribution in [-0.2, 0) is 4.79 Å². The summed E-state index contributed by atoms with van der Waals surface area (Å²) >= 11 is 0. The summed E-state index contributed by atoms with van der Waals surface area (Å²) in [6.45, 7) is 5.08. The Hall–Kier alpha value is -1.88. The Kier molecular flexibility index (Phi) is 3.57. The summed E-state index contributed by atoms with van der Waals surface area (Å²) in [5, 5.41) is 12.4. The molecule has 0 radical (unpaired) electrons. The number of aromatic amines is 1. The van der Waals surface area contributed by atoms with Gasteiger partial charge in [-0.15, -0.1) is 0 Å². The van der Waals surface area contributed by atoms with Crippen molar-refractivity contribution in [3.8, 4) is 0 Å². The van der Waals surface area contributed by atoms with E-state index in [0.29, 0.717) is 5.82 Å². The fourth-order valence-corrected chi connectivity index (χ4v) is 1.93. The van der Waals surface area contributed by atoms with Crippen molar-refractivity contribution in [2.24, 2.45) is 0 Å². The van der Waals surface area contributed by atoms with Crippen molar-refractivity contribution in [1.29, 1.82) is 0 Å². The lowest BCUT2D eigenvalue weighted by Crippen LogP contribution is -2.34. The molecule has 5 nitrogen and oxygen atoms in total. The largest absolute Gasteiger partial charge is 0.390 e. The minimum Gasteiger partial charge on any atom is -0.390 e. The molecule has 1 aromatic carbocycles. The van der Waals surface area contributed by atoms with Gasteiger partial charge in [0, 0.05) is 0 Å². The van der Waals surface area contributed by atoms with Gasteiger partial charge in [-0.3, -0.25) is 4.79 Å². The van der Waals surface area contributed by atoms with Gasteiger partial charge in [-0.1, -0.05) is 12.1 Å². The molecule has 19 heavy (non-hydrogen) atoms. The van der Waals surface area contributed by atoms with Gasteiger partial charge in [0.2, 0.25) is 5.91 Å². The number of para-hydroxylation sites is 2. The highest BCUT2D eigenvalue weighted by Crippen LogP contribution is 2.16. The van der Waals surface area contributed by atoms with E-state index in [-0.39, 0.29) is 18.4 Å². The van der Waals surface area contributed by atoms with Crippen LogP contribution in [0.3, 0.4) is 0 Å². The number of H-pyrrole nitrogens is 1. The van der Waals surface area contributed by atoms with E-state index in [9.17, 15) is 9.90 Å². The number of nitrogens with one attached hydrogen (secondary N) is 2. The summed E-state index contributed by atoms with van der Waals surface area (Å²) in [7, 11) is 0. The smallest absolute Gasteiger partial charge is 0.223 e. The first-order valence-corrected chi connectivity index (χ1v) is 6.31. The number of imidazole rings is 1. The lowest BCUT2D eigenvalue weighted by atomic mass is 10.1. The highest BCUT2D eigenvalue weighted by atomic mass is 16.3. The van der Waals surface area contributed by atoms with E-state index in [1.54, 1.807) is 13.8 Å². The lowest BCUT2D eigenvalue weighted by Gasteiger charge is -2.18. The van der Waals surface area contributed by atoms with Gasteiger partial charge >= 0.3 is 0 Å². The number of carbonyl (C=O) groups excluding carboxylic acids is 1. The first-order chi connectivity index (χ1) is 8.85. The number of aromatic nitrogens is 2.